The molecule has 3 aliphatic rings. The van der Waals surface area contributed by atoms with Crippen molar-refractivity contribution in [3.05, 3.63) is 29.3 Å². The molecule has 5 nitrogen and oxygen atoms in total. The summed E-state index contributed by atoms with van der Waals surface area (Å²) >= 11 is 0. The number of carboxylic acid groups (broad SMARTS) is 1. The molecule has 1 aromatic carbocycles. The van der Waals surface area contributed by atoms with Gasteiger partial charge in [-0.25, -0.2) is 4.79 Å². The van der Waals surface area contributed by atoms with Crippen molar-refractivity contribution >= 4 is 11.7 Å². The summed E-state index contributed by atoms with van der Waals surface area (Å²) in [5.74, 6) is 0.675. The topological polar surface area (TPSA) is 70.9 Å². The number of nitrogens with one attached hydrogen (secondary N) is 1. The number of aromatic carboxylic acids is 1. The number of benzene rings is 1. The van der Waals surface area contributed by atoms with Gasteiger partial charge in [0.1, 0.15) is 5.75 Å². The molecule has 110 valence electrons. The van der Waals surface area contributed by atoms with Gasteiger partial charge in [0.15, 0.2) is 0 Å². The van der Waals surface area contributed by atoms with Crippen molar-refractivity contribution in [2.24, 2.45) is 16.9 Å². The largest absolute Gasteiger partial charge is 0.492 e. The van der Waals surface area contributed by atoms with Gasteiger partial charge in [-0.15, -0.1) is 0 Å². The second-order valence-electron chi connectivity index (χ2n) is 6.13. The number of hydrogen-bond donors (Lipinski definition) is 2. The van der Waals surface area contributed by atoms with Gasteiger partial charge in [-0.05, 0) is 37.0 Å². The Morgan fingerprint density at radius 3 is 2.90 bits per heavy atom. The molecule has 0 spiro atoms. The third-order valence-electron chi connectivity index (χ3n) is 4.95. The van der Waals surface area contributed by atoms with E-state index in [0.717, 1.165) is 11.3 Å². The highest BCUT2D eigenvalue weighted by molar-refractivity contribution is 6.07. The fourth-order valence-corrected chi connectivity index (χ4v) is 3.85. The third-order valence-corrected chi connectivity index (χ3v) is 4.95. The van der Waals surface area contributed by atoms with Crippen LogP contribution in [-0.2, 0) is 0 Å². The molecule has 1 fully saturated rings. The Kier molecular flexibility index (Phi) is 2.87. The standard InChI is InChI=1S/C16H18N2O3/c19-16(20)10-5-6-11-13(7-10)21-8-12-14(17-18-15(11)12)9-3-1-2-4-9/h5-7,9,12,14,17H,1-4,8H2,(H,19,20). The SMILES string of the molecule is O=C(O)c1ccc2c(c1)OCC1C2=NNC1C1CCCC1. The predicted molar refractivity (Wildman–Crippen MR) is 77.8 cm³/mol. The maximum Gasteiger partial charge on any atom is 0.335 e. The second-order valence-corrected chi connectivity index (χ2v) is 6.13. The van der Waals surface area contributed by atoms with Crippen LogP contribution in [-0.4, -0.2) is 29.4 Å². The average Bonchev–Trinajstić information content (AvgIpc) is 3.15. The molecule has 0 aromatic heterocycles. The number of nitrogens with zero attached hydrogens (tertiary/aromatic N) is 1. The molecule has 1 saturated carbocycles. The highest BCUT2D eigenvalue weighted by atomic mass is 16.5. The Morgan fingerprint density at radius 2 is 2.14 bits per heavy atom. The average molecular weight is 286 g/mol. The van der Waals surface area contributed by atoms with Gasteiger partial charge in [0, 0.05) is 5.56 Å². The minimum Gasteiger partial charge on any atom is -0.492 e. The van der Waals surface area contributed by atoms with Crippen LogP contribution in [0.4, 0.5) is 0 Å². The van der Waals surface area contributed by atoms with Gasteiger partial charge in [0.2, 0.25) is 0 Å². The van der Waals surface area contributed by atoms with Crippen LogP contribution in [0.2, 0.25) is 0 Å². The molecule has 0 saturated heterocycles. The molecule has 2 N–H and O–H groups in total. The number of carboxylic acids is 1. The van der Waals surface area contributed by atoms with E-state index in [1.165, 1.54) is 25.7 Å². The summed E-state index contributed by atoms with van der Waals surface area (Å²) in [5, 5.41) is 13.6. The molecule has 2 heterocycles. The van der Waals surface area contributed by atoms with Crippen molar-refractivity contribution < 1.29 is 14.6 Å². The molecule has 2 atom stereocenters. The zero-order valence-corrected chi connectivity index (χ0v) is 11.7. The third kappa shape index (κ3) is 1.99. The van der Waals surface area contributed by atoms with Gasteiger partial charge in [-0.2, -0.15) is 5.10 Å². The zero-order chi connectivity index (χ0) is 14.4. The van der Waals surface area contributed by atoms with Gasteiger partial charge in [-0.3, -0.25) is 0 Å². The van der Waals surface area contributed by atoms with Crippen molar-refractivity contribution in [1.29, 1.82) is 0 Å². The number of hydrogen-bond acceptors (Lipinski definition) is 4. The maximum atomic E-state index is 11.0. The maximum absolute atomic E-state index is 11.0. The highest BCUT2D eigenvalue weighted by Gasteiger charge is 2.42. The van der Waals surface area contributed by atoms with Crippen molar-refractivity contribution in [3.8, 4) is 5.75 Å². The lowest BCUT2D eigenvalue weighted by molar-refractivity contribution is 0.0696. The van der Waals surface area contributed by atoms with Crippen molar-refractivity contribution in [1.82, 2.24) is 5.43 Å². The van der Waals surface area contributed by atoms with E-state index in [-0.39, 0.29) is 11.5 Å². The molecule has 1 aromatic rings. The molecule has 5 heteroatoms. The summed E-state index contributed by atoms with van der Waals surface area (Å²) in [6, 6.07) is 5.41. The Labute approximate surface area is 123 Å². The van der Waals surface area contributed by atoms with E-state index in [1.54, 1.807) is 12.1 Å². The number of rotatable bonds is 2. The molecule has 2 unspecified atom stereocenters. The van der Waals surface area contributed by atoms with E-state index in [0.29, 0.717) is 24.3 Å². The molecule has 21 heavy (non-hydrogen) atoms. The summed E-state index contributed by atoms with van der Waals surface area (Å²) in [5.41, 5.74) is 5.53. The minimum absolute atomic E-state index is 0.256. The van der Waals surface area contributed by atoms with E-state index in [4.69, 9.17) is 9.84 Å². The number of carbonyl (C=O) groups is 1. The fraction of sp³-hybridized carbons (Fsp3) is 0.500. The van der Waals surface area contributed by atoms with Crippen LogP contribution in [0.5, 0.6) is 5.75 Å². The minimum atomic E-state index is -0.932. The van der Waals surface area contributed by atoms with Gasteiger partial charge in [-0.1, -0.05) is 12.8 Å². The van der Waals surface area contributed by atoms with Gasteiger partial charge in [0.25, 0.3) is 0 Å². The lowest BCUT2D eigenvalue weighted by atomic mass is 9.82. The fourth-order valence-electron chi connectivity index (χ4n) is 3.85. The molecule has 0 radical (unpaired) electrons. The zero-order valence-electron chi connectivity index (χ0n) is 11.7. The number of fused-ring (bicyclic) bond motifs is 3. The van der Waals surface area contributed by atoms with Crippen molar-refractivity contribution in [2.45, 2.75) is 31.7 Å². The summed E-state index contributed by atoms with van der Waals surface area (Å²) in [7, 11) is 0. The smallest absolute Gasteiger partial charge is 0.335 e. The summed E-state index contributed by atoms with van der Waals surface area (Å²) in [6.45, 7) is 0.586. The molecular formula is C16H18N2O3. The van der Waals surface area contributed by atoms with Crippen LogP contribution >= 0.6 is 0 Å². The molecule has 4 rings (SSSR count). The number of ether oxygens (including phenoxy) is 1. The van der Waals surface area contributed by atoms with E-state index in [2.05, 4.69) is 10.5 Å². The van der Waals surface area contributed by atoms with Gasteiger partial charge < -0.3 is 15.3 Å². The van der Waals surface area contributed by atoms with Crippen LogP contribution in [0, 0.1) is 11.8 Å². The summed E-state index contributed by atoms with van der Waals surface area (Å²) in [6.07, 6.45) is 5.15. The highest BCUT2D eigenvalue weighted by Crippen LogP contribution is 2.38. The Hall–Kier alpha value is -2.04. The molecule has 0 bridgehead atoms. The summed E-state index contributed by atoms with van der Waals surface area (Å²) in [4.78, 5) is 11.0. The van der Waals surface area contributed by atoms with E-state index in [1.807, 2.05) is 6.07 Å². The summed E-state index contributed by atoms with van der Waals surface area (Å²) < 4.78 is 5.83. The molecule has 0 amide bonds. The molecule has 1 aliphatic carbocycles. The van der Waals surface area contributed by atoms with Crippen LogP contribution in [0.15, 0.2) is 23.3 Å². The lowest BCUT2D eigenvalue weighted by Gasteiger charge is -2.29. The first kappa shape index (κ1) is 12.7. The van der Waals surface area contributed by atoms with E-state index >= 15 is 0 Å². The monoisotopic (exact) mass is 286 g/mol. The Balaban J connectivity index is 1.64. The quantitative estimate of drug-likeness (QED) is 0.875. The second kappa shape index (κ2) is 4.76. The van der Waals surface area contributed by atoms with Crippen LogP contribution in [0.3, 0.4) is 0 Å². The van der Waals surface area contributed by atoms with Gasteiger partial charge >= 0.3 is 5.97 Å². The lowest BCUT2D eigenvalue weighted by Crippen LogP contribution is -2.41. The molecular weight excluding hydrogens is 268 g/mol. The van der Waals surface area contributed by atoms with Crippen molar-refractivity contribution in [3.63, 3.8) is 0 Å². The van der Waals surface area contributed by atoms with E-state index < -0.39 is 5.97 Å². The van der Waals surface area contributed by atoms with Gasteiger partial charge in [0.05, 0.1) is 29.8 Å². The first-order valence-corrected chi connectivity index (χ1v) is 7.57. The Morgan fingerprint density at radius 1 is 1.33 bits per heavy atom. The normalized spacial score (nSPS) is 27.3. The van der Waals surface area contributed by atoms with Crippen LogP contribution < -0.4 is 10.2 Å². The predicted octanol–water partition coefficient (Wildman–Crippen LogP) is 2.26. The first-order valence-electron chi connectivity index (χ1n) is 7.57. The Bertz CT molecular complexity index is 620. The van der Waals surface area contributed by atoms with Crippen LogP contribution in [0.25, 0.3) is 0 Å². The molecule has 2 aliphatic heterocycles. The first-order chi connectivity index (χ1) is 10.2. The van der Waals surface area contributed by atoms with Crippen molar-refractivity contribution in [2.75, 3.05) is 6.61 Å². The van der Waals surface area contributed by atoms with E-state index in [9.17, 15) is 4.79 Å². The number of hydrazone groups is 1. The van der Waals surface area contributed by atoms with Crippen LogP contribution in [0.1, 0.15) is 41.6 Å².